The second kappa shape index (κ2) is 9.45. The van der Waals surface area contributed by atoms with Crippen molar-refractivity contribution in [2.24, 2.45) is 0 Å². The van der Waals surface area contributed by atoms with Gasteiger partial charge in [-0.05, 0) is 43.5 Å². The molecule has 6 nitrogen and oxygen atoms in total. The number of likely N-dealkylation sites (N-methyl/N-ethyl adjacent to an activating group) is 1. The Hall–Kier alpha value is -1.74. The van der Waals surface area contributed by atoms with Gasteiger partial charge in [0.2, 0.25) is 5.91 Å². The molecule has 0 unspecified atom stereocenters. The number of hydrogen-bond donors (Lipinski definition) is 1. The van der Waals surface area contributed by atoms with Crippen molar-refractivity contribution in [3.05, 3.63) is 52.9 Å². The molecule has 1 N–H and O–H groups in total. The molecule has 0 atom stereocenters. The minimum absolute atomic E-state index is 0.214. The number of rotatable bonds is 9. The van der Waals surface area contributed by atoms with Crippen LogP contribution in [0.4, 0.5) is 0 Å². The summed E-state index contributed by atoms with van der Waals surface area (Å²) in [5.74, 6) is -0.329. The Morgan fingerprint density at radius 1 is 1.11 bits per heavy atom. The number of benzene rings is 1. The number of hydrogen-bond acceptors (Lipinski definition) is 5. The molecule has 1 aromatic heterocycles. The third-order valence-electron chi connectivity index (χ3n) is 4.42. The Morgan fingerprint density at radius 3 is 2.37 bits per heavy atom. The fraction of sp³-hybridized carbons (Fsp3) is 0.421. The fourth-order valence-corrected chi connectivity index (χ4v) is 4.76. The number of nitrogens with zero attached hydrogens (tertiary/aromatic N) is 2. The molecule has 2 rings (SSSR count). The molecule has 2 aromatic rings. The Kier molecular flexibility index (Phi) is 7.55. The molecule has 1 aromatic carbocycles. The van der Waals surface area contributed by atoms with E-state index >= 15 is 0 Å². The maximum Gasteiger partial charge on any atom is 0.252 e. The van der Waals surface area contributed by atoms with Gasteiger partial charge in [0.05, 0.1) is 6.54 Å². The van der Waals surface area contributed by atoms with Crippen LogP contribution >= 0.6 is 11.3 Å². The monoisotopic (exact) mass is 409 g/mol. The summed E-state index contributed by atoms with van der Waals surface area (Å²) in [6.07, 6.45) is 0. The average Bonchev–Trinajstić information content (AvgIpc) is 3.16. The first-order valence-electron chi connectivity index (χ1n) is 8.75. The second-order valence-electron chi connectivity index (χ2n) is 6.75. The van der Waals surface area contributed by atoms with Gasteiger partial charge in [-0.25, -0.2) is 8.42 Å². The predicted molar refractivity (Wildman–Crippen MR) is 109 cm³/mol. The van der Waals surface area contributed by atoms with E-state index in [0.29, 0.717) is 12.6 Å². The highest BCUT2D eigenvalue weighted by molar-refractivity contribution is 7.91. The van der Waals surface area contributed by atoms with Crippen molar-refractivity contribution in [1.29, 1.82) is 0 Å². The van der Waals surface area contributed by atoms with Gasteiger partial charge in [-0.15, -0.1) is 11.3 Å². The summed E-state index contributed by atoms with van der Waals surface area (Å²) in [6.45, 7) is 5.21. The molecular weight excluding hydrogens is 382 g/mol. The van der Waals surface area contributed by atoms with E-state index in [-0.39, 0.29) is 16.7 Å². The molecule has 0 saturated heterocycles. The van der Waals surface area contributed by atoms with Crippen molar-refractivity contribution in [1.82, 2.24) is 14.5 Å². The molecule has 148 valence electrons. The molecular formula is C19H27N3O3S2. The van der Waals surface area contributed by atoms with Crippen molar-refractivity contribution in [3.63, 3.8) is 0 Å². The first kappa shape index (κ1) is 21.6. The molecule has 0 fully saturated rings. The Labute approximate surface area is 165 Å². The second-order valence-corrected chi connectivity index (χ2v) is 9.97. The third kappa shape index (κ3) is 5.87. The lowest BCUT2D eigenvalue weighted by molar-refractivity contribution is -0.121. The van der Waals surface area contributed by atoms with E-state index in [1.807, 2.05) is 24.3 Å². The van der Waals surface area contributed by atoms with Gasteiger partial charge in [-0.3, -0.25) is 9.69 Å². The van der Waals surface area contributed by atoms with Crippen molar-refractivity contribution in [2.45, 2.75) is 37.2 Å². The van der Waals surface area contributed by atoms with Crippen molar-refractivity contribution >= 4 is 27.3 Å². The Balaban J connectivity index is 1.96. The molecule has 0 aliphatic heterocycles. The molecule has 8 heteroatoms. The Bertz CT molecular complexity index is 849. The lowest BCUT2D eigenvalue weighted by atomic mass is 10.1. The summed E-state index contributed by atoms with van der Waals surface area (Å²) < 4.78 is 26.1. The van der Waals surface area contributed by atoms with Crippen LogP contribution in [0.1, 0.15) is 25.0 Å². The SMILES string of the molecule is CC(C)N(C)Cc1ccccc1CNC(=O)CN(C)S(=O)(=O)c1cccs1. The summed E-state index contributed by atoms with van der Waals surface area (Å²) in [7, 11) is -0.146. The smallest absolute Gasteiger partial charge is 0.252 e. The van der Waals surface area contributed by atoms with Crippen molar-refractivity contribution in [2.75, 3.05) is 20.6 Å². The lowest BCUT2D eigenvalue weighted by Crippen LogP contribution is -2.38. The number of carbonyl (C=O) groups excluding carboxylic acids is 1. The van der Waals surface area contributed by atoms with Gasteiger partial charge in [-0.1, -0.05) is 30.3 Å². The molecule has 0 bridgehead atoms. The lowest BCUT2D eigenvalue weighted by Gasteiger charge is -2.22. The fourth-order valence-electron chi connectivity index (χ4n) is 2.44. The summed E-state index contributed by atoms with van der Waals surface area (Å²) in [5, 5.41) is 4.53. The van der Waals surface area contributed by atoms with Crippen LogP contribution in [-0.2, 0) is 27.9 Å². The largest absolute Gasteiger partial charge is 0.351 e. The minimum atomic E-state index is -3.62. The van der Waals surface area contributed by atoms with Gasteiger partial charge in [0, 0.05) is 26.2 Å². The molecule has 0 saturated carbocycles. The minimum Gasteiger partial charge on any atom is -0.351 e. The number of carbonyl (C=O) groups is 1. The summed E-state index contributed by atoms with van der Waals surface area (Å²) >= 11 is 1.14. The molecule has 0 aliphatic rings. The summed E-state index contributed by atoms with van der Waals surface area (Å²) in [4.78, 5) is 14.5. The van der Waals surface area contributed by atoms with Crippen molar-refractivity contribution in [3.8, 4) is 0 Å². The van der Waals surface area contributed by atoms with Gasteiger partial charge in [0.25, 0.3) is 10.0 Å². The average molecular weight is 410 g/mol. The van der Waals surface area contributed by atoms with Crippen LogP contribution in [0.5, 0.6) is 0 Å². The zero-order valence-electron chi connectivity index (χ0n) is 16.2. The van der Waals surface area contributed by atoms with Crippen LogP contribution in [0.3, 0.4) is 0 Å². The number of sulfonamides is 1. The zero-order valence-corrected chi connectivity index (χ0v) is 17.8. The van der Waals surface area contributed by atoms with Crippen LogP contribution in [0.2, 0.25) is 0 Å². The van der Waals surface area contributed by atoms with E-state index in [1.165, 1.54) is 13.1 Å². The Morgan fingerprint density at radius 2 is 1.78 bits per heavy atom. The molecule has 1 heterocycles. The topological polar surface area (TPSA) is 69.7 Å². The standard InChI is InChI=1S/C19H27N3O3S2/c1-15(2)21(3)13-17-9-6-5-8-16(17)12-20-18(23)14-22(4)27(24,25)19-10-7-11-26-19/h5-11,15H,12-14H2,1-4H3,(H,20,23). The molecule has 1 amide bonds. The quantitative estimate of drug-likeness (QED) is 0.691. The number of thiophene rings is 1. The van der Waals surface area contributed by atoms with E-state index < -0.39 is 10.0 Å². The van der Waals surface area contributed by atoms with E-state index in [4.69, 9.17) is 0 Å². The van der Waals surface area contributed by atoms with Gasteiger partial charge in [-0.2, -0.15) is 4.31 Å². The van der Waals surface area contributed by atoms with Crippen LogP contribution in [0, 0.1) is 0 Å². The highest BCUT2D eigenvalue weighted by Gasteiger charge is 2.23. The van der Waals surface area contributed by atoms with E-state index in [9.17, 15) is 13.2 Å². The van der Waals surface area contributed by atoms with Crippen LogP contribution in [0.25, 0.3) is 0 Å². The zero-order chi connectivity index (χ0) is 20.0. The summed E-state index contributed by atoms with van der Waals surface area (Å²) in [5.41, 5.74) is 2.18. The maximum atomic E-state index is 12.4. The maximum absolute atomic E-state index is 12.4. The van der Waals surface area contributed by atoms with E-state index in [2.05, 4.69) is 31.1 Å². The highest BCUT2D eigenvalue weighted by Crippen LogP contribution is 2.19. The molecule has 27 heavy (non-hydrogen) atoms. The first-order valence-corrected chi connectivity index (χ1v) is 11.1. The van der Waals surface area contributed by atoms with Gasteiger partial charge in [0.15, 0.2) is 0 Å². The van der Waals surface area contributed by atoms with Crippen LogP contribution in [0.15, 0.2) is 46.0 Å². The number of nitrogens with one attached hydrogen (secondary N) is 1. The van der Waals surface area contributed by atoms with Crippen molar-refractivity contribution < 1.29 is 13.2 Å². The first-order chi connectivity index (χ1) is 12.7. The van der Waals surface area contributed by atoms with Gasteiger partial charge < -0.3 is 5.32 Å². The number of amides is 1. The molecule has 0 aliphatic carbocycles. The molecule has 0 radical (unpaired) electrons. The predicted octanol–water partition coefficient (Wildman–Crippen LogP) is 2.53. The molecule has 0 spiro atoms. The summed E-state index contributed by atoms with van der Waals surface area (Å²) in [6, 6.07) is 11.6. The van der Waals surface area contributed by atoms with Gasteiger partial charge in [0.1, 0.15) is 4.21 Å². The third-order valence-corrected chi connectivity index (χ3v) is 7.60. The van der Waals surface area contributed by atoms with E-state index in [1.54, 1.807) is 11.4 Å². The highest BCUT2D eigenvalue weighted by atomic mass is 32.2. The van der Waals surface area contributed by atoms with Crippen LogP contribution < -0.4 is 5.32 Å². The van der Waals surface area contributed by atoms with E-state index in [0.717, 1.165) is 33.3 Å². The van der Waals surface area contributed by atoms with Gasteiger partial charge >= 0.3 is 0 Å². The van der Waals surface area contributed by atoms with Crippen LogP contribution in [-0.4, -0.2) is 50.2 Å². The normalized spacial score (nSPS) is 12.1.